The lowest BCUT2D eigenvalue weighted by atomic mass is 10.3. The van der Waals surface area contributed by atoms with Crippen LogP contribution in [0.3, 0.4) is 0 Å². The predicted octanol–water partition coefficient (Wildman–Crippen LogP) is 2.05. The molecule has 0 atom stereocenters. The minimum atomic E-state index is 0. The number of nitrogens with zero attached hydrogens (tertiary/aromatic N) is 5. The summed E-state index contributed by atoms with van der Waals surface area (Å²) in [6.07, 6.45) is 9.44. The Kier molecular flexibility index (Phi) is 6.42. The number of hydrogen-bond donors (Lipinski definition) is 2. The van der Waals surface area contributed by atoms with Gasteiger partial charge in [0, 0.05) is 50.3 Å². The van der Waals surface area contributed by atoms with Gasteiger partial charge in [-0.1, -0.05) is 0 Å². The van der Waals surface area contributed by atoms with E-state index in [2.05, 4.69) is 35.6 Å². The molecule has 4 rings (SSSR count). The van der Waals surface area contributed by atoms with Crippen LogP contribution < -0.4 is 5.32 Å². The Morgan fingerprint density at radius 1 is 1.25 bits per heavy atom. The highest BCUT2D eigenvalue weighted by Gasteiger charge is 2.15. The molecule has 1 aliphatic heterocycles. The van der Waals surface area contributed by atoms with E-state index in [1.165, 1.54) is 5.69 Å². The van der Waals surface area contributed by atoms with Crippen LogP contribution in [0.25, 0.3) is 11.5 Å². The summed E-state index contributed by atoms with van der Waals surface area (Å²) >= 11 is 0. The van der Waals surface area contributed by atoms with E-state index in [1.54, 1.807) is 6.33 Å². The first kappa shape index (κ1) is 18.5. The van der Waals surface area contributed by atoms with Gasteiger partial charge >= 0.3 is 0 Å². The van der Waals surface area contributed by atoms with E-state index in [9.17, 15) is 0 Å². The van der Waals surface area contributed by atoms with Crippen LogP contribution in [0, 0.1) is 0 Å². The standard InChI is InChI=1S/C15H19N7.2ClH/c1-3-16-10-13-8-14(20-22(13)5-1)15-18-4-7-21(15)6-2-12-9-17-11-19-12;;/h4,7-9,11,16H,1-3,5-6,10H2,(H,17,19);2*1H. The Balaban J connectivity index is 0.00000104. The van der Waals surface area contributed by atoms with E-state index in [-0.39, 0.29) is 24.8 Å². The van der Waals surface area contributed by atoms with Crippen molar-refractivity contribution in [2.24, 2.45) is 0 Å². The Bertz CT molecular complexity index is 724. The maximum Gasteiger partial charge on any atom is 0.160 e. The molecule has 0 aliphatic carbocycles. The fraction of sp³-hybridized carbons (Fsp3) is 0.400. The molecule has 2 N–H and O–H groups in total. The van der Waals surface area contributed by atoms with E-state index in [4.69, 9.17) is 5.10 Å². The lowest BCUT2D eigenvalue weighted by Crippen LogP contribution is -2.11. The minimum absolute atomic E-state index is 0. The number of rotatable bonds is 4. The van der Waals surface area contributed by atoms with Crippen LogP contribution in [-0.4, -0.2) is 35.8 Å². The summed E-state index contributed by atoms with van der Waals surface area (Å²) < 4.78 is 4.25. The molecule has 0 saturated carbocycles. The molecule has 0 unspecified atom stereocenters. The molecule has 0 amide bonds. The number of halogens is 2. The van der Waals surface area contributed by atoms with Gasteiger partial charge < -0.3 is 14.9 Å². The summed E-state index contributed by atoms with van der Waals surface area (Å²) in [6, 6.07) is 2.15. The van der Waals surface area contributed by atoms with Gasteiger partial charge in [0.2, 0.25) is 0 Å². The van der Waals surface area contributed by atoms with Crippen LogP contribution >= 0.6 is 24.8 Å². The van der Waals surface area contributed by atoms with Crippen LogP contribution in [0.5, 0.6) is 0 Å². The molecule has 3 aromatic heterocycles. The highest BCUT2D eigenvalue weighted by molar-refractivity contribution is 5.85. The zero-order chi connectivity index (χ0) is 14.8. The molecule has 9 heteroatoms. The van der Waals surface area contributed by atoms with Crippen molar-refractivity contribution < 1.29 is 0 Å². The van der Waals surface area contributed by atoms with Gasteiger partial charge in [-0.25, -0.2) is 9.97 Å². The third kappa shape index (κ3) is 3.80. The molecule has 0 fully saturated rings. The second-order valence-corrected chi connectivity index (χ2v) is 5.55. The SMILES string of the molecule is Cl.Cl.c1cn(CCc2cnc[nH]2)c(-c2cc3n(n2)CCCNC3)n1. The Morgan fingerprint density at radius 3 is 3.00 bits per heavy atom. The number of fused-ring (bicyclic) bond motifs is 1. The summed E-state index contributed by atoms with van der Waals surface area (Å²) in [5.74, 6) is 0.931. The van der Waals surface area contributed by atoms with E-state index in [0.29, 0.717) is 0 Å². The summed E-state index contributed by atoms with van der Waals surface area (Å²) in [5, 5.41) is 8.15. The van der Waals surface area contributed by atoms with Crippen LogP contribution in [0.1, 0.15) is 17.8 Å². The maximum atomic E-state index is 4.73. The van der Waals surface area contributed by atoms with Crippen molar-refractivity contribution in [2.75, 3.05) is 6.54 Å². The first-order valence-electron chi connectivity index (χ1n) is 7.66. The van der Waals surface area contributed by atoms with Crippen molar-refractivity contribution >= 4 is 24.8 Å². The minimum Gasteiger partial charge on any atom is -0.348 e. The molecule has 1 aliphatic rings. The Hall–Kier alpha value is -1.83. The van der Waals surface area contributed by atoms with Gasteiger partial charge in [0.05, 0.1) is 12.0 Å². The first-order valence-corrected chi connectivity index (χ1v) is 7.66. The van der Waals surface area contributed by atoms with E-state index < -0.39 is 0 Å². The van der Waals surface area contributed by atoms with Gasteiger partial charge in [-0.3, -0.25) is 4.68 Å². The van der Waals surface area contributed by atoms with Gasteiger partial charge in [0.25, 0.3) is 0 Å². The van der Waals surface area contributed by atoms with Crippen molar-refractivity contribution in [3.8, 4) is 11.5 Å². The Morgan fingerprint density at radius 2 is 2.17 bits per heavy atom. The molecule has 24 heavy (non-hydrogen) atoms. The second kappa shape index (κ2) is 8.32. The highest BCUT2D eigenvalue weighted by Crippen LogP contribution is 2.19. The molecular formula is C15H21Cl2N7. The summed E-state index contributed by atoms with van der Waals surface area (Å²) in [4.78, 5) is 11.7. The van der Waals surface area contributed by atoms with Crippen molar-refractivity contribution in [3.63, 3.8) is 0 Å². The number of hydrogen-bond acceptors (Lipinski definition) is 4. The molecule has 7 nitrogen and oxygen atoms in total. The van der Waals surface area contributed by atoms with E-state index in [1.807, 2.05) is 18.6 Å². The first-order chi connectivity index (χ1) is 10.9. The summed E-state index contributed by atoms with van der Waals surface area (Å²) in [6.45, 7) is 3.76. The number of aryl methyl sites for hydroxylation is 3. The number of imidazole rings is 2. The summed E-state index contributed by atoms with van der Waals surface area (Å²) in [5.41, 5.74) is 3.31. The molecular weight excluding hydrogens is 349 g/mol. The molecule has 130 valence electrons. The van der Waals surface area contributed by atoms with Crippen LogP contribution in [0.15, 0.2) is 31.0 Å². The smallest absolute Gasteiger partial charge is 0.160 e. The molecule has 0 saturated heterocycles. The lowest BCUT2D eigenvalue weighted by Gasteiger charge is -2.05. The van der Waals surface area contributed by atoms with Gasteiger partial charge in [-0.15, -0.1) is 24.8 Å². The largest absolute Gasteiger partial charge is 0.348 e. The predicted molar refractivity (Wildman–Crippen MR) is 96.6 cm³/mol. The molecule has 0 spiro atoms. The molecule has 0 bridgehead atoms. The van der Waals surface area contributed by atoms with Gasteiger partial charge in [0.1, 0.15) is 5.69 Å². The van der Waals surface area contributed by atoms with E-state index in [0.717, 1.165) is 56.2 Å². The topological polar surface area (TPSA) is 76.3 Å². The zero-order valence-electron chi connectivity index (χ0n) is 13.2. The molecule has 3 aromatic rings. The quantitative estimate of drug-likeness (QED) is 0.737. The normalized spacial score (nSPS) is 13.5. The number of aromatic nitrogens is 6. The number of H-pyrrole nitrogens is 1. The van der Waals surface area contributed by atoms with Crippen molar-refractivity contribution in [1.82, 2.24) is 34.6 Å². The second-order valence-electron chi connectivity index (χ2n) is 5.55. The van der Waals surface area contributed by atoms with Gasteiger partial charge in [-0.05, 0) is 19.0 Å². The maximum absolute atomic E-state index is 4.73. The lowest BCUT2D eigenvalue weighted by molar-refractivity contribution is 0.587. The molecule has 0 radical (unpaired) electrons. The molecule has 0 aromatic carbocycles. The average Bonchev–Trinajstić information content (AvgIpc) is 3.24. The average molecular weight is 370 g/mol. The van der Waals surface area contributed by atoms with Crippen molar-refractivity contribution in [3.05, 3.63) is 42.4 Å². The van der Waals surface area contributed by atoms with Crippen molar-refractivity contribution in [1.29, 1.82) is 0 Å². The van der Waals surface area contributed by atoms with Gasteiger partial charge in [-0.2, -0.15) is 5.10 Å². The van der Waals surface area contributed by atoms with Crippen molar-refractivity contribution in [2.45, 2.75) is 32.5 Å². The monoisotopic (exact) mass is 369 g/mol. The number of nitrogens with one attached hydrogen (secondary N) is 2. The fourth-order valence-corrected chi connectivity index (χ4v) is 2.86. The third-order valence-electron chi connectivity index (χ3n) is 4.01. The van der Waals surface area contributed by atoms with Crippen LogP contribution in [-0.2, 0) is 26.1 Å². The third-order valence-corrected chi connectivity index (χ3v) is 4.01. The summed E-state index contributed by atoms with van der Waals surface area (Å²) in [7, 11) is 0. The van der Waals surface area contributed by atoms with Gasteiger partial charge in [0.15, 0.2) is 5.82 Å². The highest BCUT2D eigenvalue weighted by atomic mass is 35.5. The Labute approximate surface area is 152 Å². The van der Waals surface area contributed by atoms with E-state index >= 15 is 0 Å². The number of aromatic amines is 1. The zero-order valence-corrected chi connectivity index (χ0v) is 14.8. The fourth-order valence-electron chi connectivity index (χ4n) is 2.86. The van der Waals surface area contributed by atoms with Crippen LogP contribution in [0.2, 0.25) is 0 Å². The van der Waals surface area contributed by atoms with Crippen LogP contribution in [0.4, 0.5) is 0 Å². The molecule has 4 heterocycles.